The van der Waals surface area contributed by atoms with E-state index >= 15 is 0 Å². The molecule has 0 saturated heterocycles. The van der Waals surface area contributed by atoms with Gasteiger partial charge in [0.05, 0.1) is 6.10 Å². The minimum atomic E-state index is -1.63. The van der Waals surface area contributed by atoms with E-state index in [0.717, 1.165) is 11.6 Å². The molecule has 3 N–H and O–H groups in total. The zero-order valence-electron chi connectivity index (χ0n) is 14.7. The van der Waals surface area contributed by atoms with Crippen LogP contribution in [0.5, 0.6) is 5.75 Å². The van der Waals surface area contributed by atoms with Crippen molar-refractivity contribution in [3.63, 3.8) is 0 Å². The average Bonchev–Trinajstić information content (AvgIpc) is 2.51. The monoisotopic (exact) mass is 346 g/mol. The van der Waals surface area contributed by atoms with E-state index in [-0.39, 0.29) is 29.4 Å². The number of ether oxygens (including phenoxy) is 1. The first-order valence-electron chi connectivity index (χ1n) is 7.95. The molecule has 1 aliphatic carbocycles. The molecule has 0 saturated carbocycles. The van der Waals surface area contributed by atoms with E-state index in [2.05, 4.69) is 0 Å². The summed E-state index contributed by atoms with van der Waals surface area (Å²) in [5, 5.41) is 29.4. The van der Waals surface area contributed by atoms with E-state index in [9.17, 15) is 24.9 Å². The first-order valence-corrected chi connectivity index (χ1v) is 7.95. The summed E-state index contributed by atoms with van der Waals surface area (Å²) >= 11 is 0. The van der Waals surface area contributed by atoms with Crippen molar-refractivity contribution in [2.24, 2.45) is 0 Å². The van der Waals surface area contributed by atoms with Crippen LogP contribution in [0.25, 0.3) is 0 Å². The predicted molar refractivity (Wildman–Crippen MR) is 91.9 cm³/mol. The lowest BCUT2D eigenvalue weighted by molar-refractivity contribution is -0.142. The Balaban J connectivity index is 2.63. The Morgan fingerprint density at radius 1 is 1.20 bits per heavy atom. The topological polar surface area (TPSA) is 104 Å². The fourth-order valence-electron chi connectivity index (χ4n) is 3.08. The highest BCUT2D eigenvalue weighted by Crippen LogP contribution is 2.44. The quantitative estimate of drug-likeness (QED) is 0.755. The van der Waals surface area contributed by atoms with Crippen molar-refractivity contribution in [3.05, 3.63) is 52.3 Å². The summed E-state index contributed by atoms with van der Waals surface area (Å²) < 4.78 is 5.67. The number of aliphatic hydroxyl groups is 1. The van der Waals surface area contributed by atoms with E-state index in [0.29, 0.717) is 11.3 Å². The van der Waals surface area contributed by atoms with Gasteiger partial charge >= 0.3 is 11.9 Å². The third kappa shape index (κ3) is 3.24. The number of aryl methyl sites for hydroxylation is 1. The molecular formula is C19H22O6. The summed E-state index contributed by atoms with van der Waals surface area (Å²) in [6.45, 7) is 7.09. The molecule has 1 unspecified atom stereocenters. The highest BCUT2D eigenvalue weighted by Gasteiger charge is 2.47. The molecule has 1 atom stereocenters. The second-order valence-electron chi connectivity index (χ2n) is 6.52. The van der Waals surface area contributed by atoms with Gasteiger partial charge in [0.15, 0.2) is 0 Å². The minimum absolute atomic E-state index is 0.0279. The standard InChI is InChI=1S/C19H22O6/c1-10(2)25-16-6-5-14(7-11(16)3)19(18(23)24)9-13(17(21)22)8-15(20)12(19)4/h5-8,10,20H,9H2,1-4H3,(H,21,22)(H,23,24). The highest BCUT2D eigenvalue weighted by molar-refractivity contribution is 5.94. The maximum atomic E-state index is 12.2. The third-order valence-electron chi connectivity index (χ3n) is 4.46. The summed E-state index contributed by atoms with van der Waals surface area (Å²) in [5.41, 5.74) is -0.420. The number of aliphatic carboxylic acids is 2. The van der Waals surface area contributed by atoms with Crippen molar-refractivity contribution >= 4 is 11.9 Å². The molecule has 6 nitrogen and oxygen atoms in total. The summed E-state index contributed by atoms with van der Waals surface area (Å²) in [4.78, 5) is 23.6. The molecule has 1 aromatic carbocycles. The van der Waals surface area contributed by atoms with Gasteiger partial charge in [0, 0.05) is 12.0 Å². The van der Waals surface area contributed by atoms with Crippen molar-refractivity contribution < 1.29 is 29.6 Å². The number of hydrogen-bond acceptors (Lipinski definition) is 4. The van der Waals surface area contributed by atoms with E-state index < -0.39 is 17.4 Å². The lowest BCUT2D eigenvalue weighted by atomic mass is 9.67. The van der Waals surface area contributed by atoms with Crippen molar-refractivity contribution in [3.8, 4) is 5.75 Å². The molecule has 25 heavy (non-hydrogen) atoms. The SMILES string of the molecule is CC1=C(O)C=C(C(=O)O)CC1(C(=O)O)c1ccc(OC(C)C)c(C)c1. The number of aliphatic hydroxyl groups excluding tert-OH is 1. The first kappa shape index (κ1) is 18.6. The number of benzene rings is 1. The third-order valence-corrected chi connectivity index (χ3v) is 4.46. The Morgan fingerprint density at radius 3 is 2.32 bits per heavy atom. The Morgan fingerprint density at radius 2 is 1.84 bits per heavy atom. The molecule has 1 aromatic rings. The average molecular weight is 346 g/mol. The Bertz CT molecular complexity index is 787. The largest absolute Gasteiger partial charge is 0.508 e. The molecule has 0 aliphatic heterocycles. The maximum absolute atomic E-state index is 12.2. The fraction of sp³-hybridized carbons (Fsp3) is 0.368. The van der Waals surface area contributed by atoms with Crippen LogP contribution in [0.2, 0.25) is 0 Å². The lowest BCUT2D eigenvalue weighted by Crippen LogP contribution is -2.40. The number of hydrogen-bond donors (Lipinski definition) is 3. The summed E-state index contributed by atoms with van der Waals surface area (Å²) in [7, 11) is 0. The van der Waals surface area contributed by atoms with Gasteiger partial charge in [0.25, 0.3) is 0 Å². The molecule has 0 heterocycles. The van der Waals surface area contributed by atoms with Gasteiger partial charge in [-0.3, -0.25) is 4.79 Å². The van der Waals surface area contributed by atoms with Crippen LogP contribution < -0.4 is 4.74 Å². The Hall–Kier alpha value is -2.76. The molecule has 2 rings (SSSR count). The molecule has 6 heteroatoms. The van der Waals surface area contributed by atoms with Crippen LogP contribution in [0.4, 0.5) is 0 Å². The maximum Gasteiger partial charge on any atom is 0.331 e. The minimum Gasteiger partial charge on any atom is -0.508 e. The van der Waals surface area contributed by atoms with E-state index in [1.165, 1.54) is 6.92 Å². The predicted octanol–water partition coefficient (Wildman–Crippen LogP) is 3.35. The van der Waals surface area contributed by atoms with E-state index in [1.807, 2.05) is 13.8 Å². The molecule has 0 radical (unpaired) electrons. The smallest absolute Gasteiger partial charge is 0.331 e. The van der Waals surface area contributed by atoms with Gasteiger partial charge in [-0.05, 0) is 56.5 Å². The van der Waals surface area contributed by atoms with Crippen LogP contribution in [0.3, 0.4) is 0 Å². The van der Waals surface area contributed by atoms with Gasteiger partial charge in [-0.1, -0.05) is 12.1 Å². The normalized spacial score (nSPS) is 20.4. The van der Waals surface area contributed by atoms with Gasteiger partial charge < -0.3 is 20.1 Å². The van der Waals surface area contributed by atoms with Crippen LogP contribution in [0.1, 0.15) is 38.3 Å². The zero-order chi connectivity index (χ0) is 18.9. The van der Waals surface area contributed by atoms with Gasteiger partial charge in [0.1, 0.15) is 16.9 Å². The van der Waals surface area contributed by atoms with Gasteiger partial charge in [-0.25, -0.2) is 4.79 Å². The van der Waals surface area contributed by atoms with Crippen molar-refractivity contribution in [1.82, 2.24) is 0 Å². The van der Waals surface area contributed by atoms with Crippen LogP contribution in [0, 0.1) is 6.92 Å². The fourth-order valence-corrected chi connectivity index (χ4v) is 3.08. The number of allylic oxidation sites excluding steroid dienone is 1. The summed E-state index contributed by atoms with van der Waals surface area (Å²) in [6.07, 6.45) is 0.846. The Labute approximate surface area is 146 Å². The molecule has 0 aromatic heterocycles. The van der Waals surface area contributed by atoms with E-state index in [4.69, 9.17) is 4.74 Å². The molecule has 134 valence electrons. The second kappa shape index (κ2) is 6.63. The molecule has 0 bridgehead atoms. The number of carbonyl (C=O) groups is 2. The zero-order valence-corrected chi connectivity index (χ0v) is 14.7. The van der Waals surface area contributed by atoms with Crippen LogP contribution in [-0.4, -0.2) is 33.4 Å². The molecule has 0 fully saturated rings. The van der Waals surface area contributed by atoms with Gasteiger partial charge in [-0.15, -0.1) is 0 Å². The number of carboxylic acid groups (broad SMARTS) is 2. The van der Waals surface area contributed by atoms with Gasteiger partial charge in [0.2, 0.25) is 0 Å². The van der Waals surface area contributed by atoms with Crippen molar-refractivity contribution in [2.75, 3.05) is 0 Å². The van der Waals surface area contributed by atoms with Crippen LogP contribution in [0.15, 0.2) is 41.2 Å². The van der Waals surface area contributed by atoms with E-state index in [1.54, 1.807) is 25.1 Å². The lowest BCUT2D eigenvalue weighted by Gasteiger charge is -2.34. The van der Waals surface area contributed by atoms with Crippen molar-refractivity contribution in [2.45, 2.75) is 45.6 Å². The molecular weight excluding hydrogens is 324 g/mol. The molecule has 0 amide bonds. The summed E-state index contributed by atoms with van der Waals surface area (Å²) in [6, 6.07) is 4.96. The summed E-state index contributed by atoms with van der Waals surface area (Å²) in [5.74, 6) is -2.15. The van der Waals surface area contributed by atoms with Crippen LogP contribution in [-0.2, 0) is 15.0 Å². The second-order valence-corrected chi connectivity index (χ2v) is 6.52. The first-order chi connectivity index (χ1) is 11.6. The van der Waals surface area contributed by atoms with Crippen LogP contribution >= 0.6 is 0 Å². The number of carboxylic acids is 2. The molecule has 1 aliphatic rings. The van der Waals surface area contributed by atoms with Gasteiger partial charge in [-0.2, -0.15) is 0 Å². The number of rotatable bonds is 5. The highest BCUT2D eigenvalue weighted by atomic mass is 16.5. The van der Waals surface area contributed by atoms with Crippen molar-refractivity contribution in [1.29, 1.82) is 0 Å². The molecule has 0 spiro atoms. The Kier molecular flexibility index (Phi) is 4.92.